The smallest absolute Gasteiger partial charge is 0.115 e. The van der Waals surface area contributed by atoms with Crippen molar-refractivity contribution in [2.75, 3.05) is 0 Å². The maximum absolute atomic E-state index is 9.65. The maximum atomic E-state index is 9.65. The van der Waals surface area contributed by atoms with E-state index in [-0.39, 0.29) is 0 Å². The van der Waals surface area contributed by atoms with Crippen molar-refractivity contribution in [3.8, 4) is 5.75 Å². The zero-order chi connectivity index (χ0) is 13.0. The molecule has 0 saturated heterocycles. The fourth-order valence-electron chi connectivity index (χ4n) is 4.94. The summed E-state index contributed by atoms with van der Waals surface area (Å²) in [6.07, 6.45) is 10.4. The average molecular weight is 254 g/mol. The molecule has 19 heavy (non-hydrogen) atoms. The molecule has 0 heterocycles. The second kappa shape index (κ2) is 3.88. The van der Waals surface area contributed by atoms with E-state index in [0.29, 0.717) is 17.1 Å². The molecule has 0 aromatic heterocycles. The van der Waals surface area contributed by atoms with E-state index in [1.165, 1.54) is 43.2 Å². The molecule has 2 fully saturated rings. The third-order valence-electron chi connectivity index (χ3n) is 5.95. The quantitative estimate of drug-likeness (QED) is 0.673. The van der Waals surface area contributed by atoms with E-state index < -0.39 is 0 Å². The van der Waals surface area contributed by atoms with Crippen LogP contribution < -0.4 is 0 Å². The Morgan fingerprint density at radius 2 is 2.11 bits per heavy atom. The van der Waals surface area contributed by atoms with Crippen molar-refractivity contribution in [2.45, 2.75) is 51.4 Å². The number of benzene rings is 1. The summed E-state index contributed by atoms with van der Waals surface area (Å²) >= 11 is 0. The molecule has 1 aromatic carbocycles. The number of hydrogen-bond donors (Lipinski definition) is 1. The van der Waals surface area contributed by atoms with Crippen LogP contribution in [0.3, 0.4) is 0 Å². The number of phenolic OH excluding ortho intramolecular Hbond substituents is 1. The molecule has 100 valence electrons. The lowest BCUT2D eigenvalue weighted by Crippen LogP contribution is -2.33. The zero-order valence-corrected chi connectivity index (χ0v) is 11.7. The first kappa shape index (κ1) is 11.6. The zero-order valence-electron chi connectivity index (χ0n) is 11.7. The number of aromatic hydroxyl groups is 1. The van der Waals surface area contributed by atoms with E-state index in [1.807, 2.05) is 12.1 Å². The van der Waals surface area contributed by atoms with Crippen LogP contribution in [0.15, 0.2) is 29.8 Å². The standard InChI is InChI=1S/C18H22O/c1-18-9-2-3-17(18)16-6-4-12-11-13(19)5-7-14(12)15(16)8-10-18/h5-7,11,15,17,19H,2-4,8-10H2,1H3/t15?,17?,18-/m0/s1. The number of allylic oxidation sites excluding steroid dienone is 2. The second-order valence-corrected chi connectivity index (χ2v) is 6.98. The van der Waals surface area contributed by atoms with Crippen molar-refractivity contribution in [3.63, 3.8) is 0 Å². The maximum Gasteiger partial charge on any atom is 0.115 e. The Labute approximate surface area is 115 Å². The molecule has 0 amide bonds. The molecule has 0 aliphatic heterocycles. The van der Waals surface area contributed by atoms with Crippen molar-refractivity contribution < 1.29 is 5.11 Å². The fourth-order valence-corrected chi connectivity index (χ4v) is 4.94. The Kier molecular flexibility index (Phi) is 2.36. The Morgan fingerprint density at radius 3 is 3.00 bits per heavy atom. The van der Waals surface area contributed by atoms with Crippen molar-refractivity contribution in [1.82, 2.24) is 0 Å². The topological polar surface area (TPSA) is 20.2 Å². The third-order valence-corrected chi connectivity index (χ3v) is 5.95. The van der Waals surface area contributed by atoms with E-state index in [4.69, 9.17) is 0 Å². The van der Waals surface area contributed by atoms with Gasteiger partial charge in [0.05, 0.1) is 0 Å². The number of hydrogen-bond acceptors (Lipinski definition) is 1. The van der Waals surface area contributed by atoms with E-state index in [2.05, 4.69) is 19.1 Å². The summed E-state index contributed by atoms with van der Waals surface area (Å²) in [4.78, 5) is 0. The van der Waals surface area contributed by atoms with Gasteiger partial charge in [-0.05, 0) is 66.7 Å². The molecule has 1 N–H and O–H groups in total. The van der Waals surface area contributed by atoms with Crippen LogP contribution in [-0.2, 0) is 6.42 Å². The van der Waals surface area contributed by atoms with Crippen LogP contribution in [0.5, 0.6) is 5.75 Å². The lowest BCUT2D eigenvalue weighted by molar-refractivity contribution is 0.188. The molecule has 2 saturated carbocycles. The molecular weight excluding hydrogens is 232 g/mol. The fraction of sp³-hybridized carbons (Fsp3) is 0.556. The molecule has 3 atom stereocenters. The van der Waals surface area contributed by atoms with E-state index in [1.54, 1.807) is 5.57 Å². The van der Waals surface area contributed by atoms with E-state index >= 15 is 0 Å². The first-order valence-corrected chi connectivity index (χ1v) is 7.69. The van der Waals surface area contributed by atoms with Crippen molar-refractivity contribution >= 4 is 0 Å². The van der Waals surface area contributed by atoms with Crippen molar-refractivity contribution in [1.29, 1.82) is 0 Å². The number of phenols is 1. The predicted molar refractivity (Wildman–Crippen MR) is 77.3 cm³/mol. The number of fused-ring (bicyclic) bond motifs is 5. The molecule has 1 nitrogen and oxygen atoms in total. The van der Waals surface area contributed by atoms with Crippen molar-refractivity contribution in [3.05, 3.63) is 41.0 Å². The lowest BCUT2D eigenvalue weighted by Gasteiger charge is -2.44. The highest BCUT2D eigenvalue weighted by atomic mass is 16.3. The van der Waals surface area contributed by atoms with Gasteiger partial charge in [-0.3, -0.25) is 0 Å². The van der Waals surface area contributed by atoms with Gasteiger partial charge >= 0.3 is 0 Å². The van der Waals surface area contributed by atoms with Gasteiger partial charge in [0.1, 0.15) is 5.75 Å². The Morgan fingerprint density at radius 1 is 1.21 bits per heavy atom. The summed E-state index contributed by atoms with van der Waals surface area (Å²) < 4.78 is 0. The summed E-state index contributed by atoms with van der Waals surface area (Å²) in [7, 11) is 0. The summed E-state index contributed by atoms with van der Waals surface area (Å²) in [6.45, 7) is 2.51. The van der Waals surface area contributed by atoms with Gasteiger partial charge in [-0.2, -0.15) is 0 Å². The van der Waals surface area contributed by atoms with Crippen LogP contribution in [0.2, 0.25) is 0 Å². The van der Waals surface area contributed by atoms with Gasteiger partial charge in [-0.25, -0.2) is 0 Å². The van der Waals surface area contributed by atoms with E-state index in [9.17, 15) is 5.11 Å². The summed E-state index contributed by atoms with van der Waals surface area (Å²) in [5, 5.41) is 9.65. The van der Waals surface area contributed by atoms with Crippen LogP contribution in [0.4, 0.5) is 0 Å². The Bertz CT molecular complexity index is 557. The van der Waals surface area contributed by atoms with Crippen molar-refractivity contribution in [2.24, 2.45) is 11.3 Å². The molecule has 3 aliphatic carbocycles. The SMILES string of the molecule is C[C@@]12CCCC1C1=CCc3cc(O)ccc3C1CC2. The summed E-state index contributed by atoms with van der Waals surface area (Å²) in [5.41, 5.74) is 5.14. The molecular formula is C18H22O. The average Bonchev–Trinajstić information content (AvgIpc) is 2.79. The van der Waals surface area contributed by atoms with Gasteiger partial charge in [0.25, 0.3) is 0 Å². The van der Waals surface area contributed by atoms with Crippen LogP contribution in [0.25, 0.3) is 0 Å². The molecule has 2 unspecified atom stereocenters. The highest BCUT2D eigenvalue weighted by Gasteiger charge is 2.46. The summed E-state index contributed by atoms with van der Waals surface area (Å²) in [5.74, 6) is 1.88. The monoisotopic (exact) mass is 254 g/mol. The third kappa shape index (κ3) is 1.60. The van der Waals surface area contributed by atoms with Crippen LogP contribution in [-0.4, -0.2) is 5.11 Å². The Hall–Kier alpha value is -1.24. The van der Waals surface area contributed by atoms with Gasteiger partial charge in [-0.1, -0.05) is 31.1 Å². The van der Waals surface area contributed by atoms with Gasteiger partial charge in [-0.15, -0.1) is 0 Å². The highest BCUT2D eigenvalue weighted by molar-refractivity contribution is 5.47. The molecule has 0 radical (unpaired) electrons. The van der Waals surface area contributed by atoms with Gasteiger partial charge < -0.3 is 5.11 Å². The molecule has 3 aliphatic rings. The molecule has 0 bridgehead atoms. The molecule has 0 spiro atoms. The van der Waals surface area contributed by atoms with Gasteiger partial charge in [0, 0.05) is 5.92 Å². The first-order valence-electron chi connectivity index (χ1n) is 7.69. The van der Waals surface area contributed by atoms with E-state index in [0.717, 1.165) is 12.3 Å². The first-order chi connectivity index (χ1) is 9.17. The second-order valence-electron chi connectivity index (χ2n) is 6.98. The minimum atomic E-state index is 0.414. The minimum Gasteiger partial charge on any atom is -0.508 e. The molecule has 4 rings (SSSR count). The van der Waals surface area contributed by atoms with Crippen LogP contribution in [0, 0.1) is 11.3 Å². The lowest BCUT2D eigenvalue weighted by atomic mass is 9.60. The van der Waals surface area contributed by atoms with Gasteiger partial charge in [0.2, 0.25) is 0 Å². The minimum absolute atomic E-state index is 0.414. The van der Waals surface area contributed by atoms with Gasteiger partial charge in [0.15, 0.2) is 0 Å². The normalized spacial score (nSPS) is 36.2. The van der Waals surface area contributed by atoms with Crippen LogP contribution in [0.1, 0.15) is 56.1 Å². The largest absolute Gasteiger partial charge is 0.508 e. The highest BCUT2D eigenvalue weighted by Crippen LogP contribution is 2.59. The summed E-state index contributed by atoms with van der Waals surface area (Å²) in [6, 6.07) is 6.00. The molecule has 1 aromatic rings. The molecule has 1 heteroatoms. The van der Waals surface area contributed by atoms with Crippen LogP contribution >= 0.6 is 0 Å². The number of rotatable bonds is 0. The Balaban J connectivity index is 1.77. The predicted octanol–water partition coefficient (Wildman–Crippen LogP) is 4.56.